The fraction of sp³-hybridized carbons (Fsp3) is 0.750. The molecule has 0 amide bonds. The van der Waals surface area contributed by atoms with Gasteiger partial charge in [-0.05, 0) is 44.4 Å². The minimum absolute atomic E-state index is 0.0590. The Bertz CT molecular complexity index is 372. The molecule has 0 unspecified atom stereocenters. The van der Waals surface area contributed by atoms with E-state index in [-0.39, 0.29) is 10.9 Å². The van der Waals surface area contributed by atoms with E-state index >= 15 is 0 Å². The predicted molar refractivity (Wildman–Crippen MR) is 68.9 cm³/mol. The molecule has 3 aliphatic rings. The van der Waals surface area contributed by atoms with Gasteiger partial charge in [-0.25, -0.2) is 4.79 Å². The Balaban J connectivity index is 2.07. The molecule has 100 valence electrons. The Labute approximate surface area is 114 Å². The van der Waals surface area contributed by atoms with E-state index in [1.807, 2.05) is 0 Å². The Kier molecular flexibility index (Phi) is 4.04. The van der Waals surface area contributed by atoms with Gasteiger partial charge in [-0.3, -0.25) is 4.79 Å². The summed E-state index contributed by atoms with van der Waals surface area (Å²) in [6.07, 6.45) is 6.09. The van der Waals surface area contributed by atoms with E-state index in [4.69, 9.17) is 9.94 Å². The van der Waals surface area contributed by atoms with Crippen molar-refractivity contribution in [2.75, 3.05) is 5.33 Å². The number of carbonyl (C=O) groups is 2. The van der Waals surface area contributed by atoms with Crippen LogP contribution in [0.5, 0.6) is 0 Å². The quantitative estimate of drug-likeness (QED) is 0.365. The fourth-order valence-electron chi connectivity index (χ4n) is 2.76. The number of carboxylic acid groups (broad SMARTS) is 1. The second kappa shape index (κ2) is 5.38. The van der Waals surface area contributed by atoms with Crippen LogP contribution < -0.4 is 0 Å². The molecule has 6 heteroatoms. The molecular formula is C12H16BrNO4. The Morgan fingerprint density at radius 3 is 2.28 bits per heavy atom. The number of carbonyl (C=O) groups excluding carboxylic acids is 1. The minimum atomic E-state index is -1.33. The summed E-state index contributed by atoms with van der Waals surface area (Å²) in [6.45, 7) is 0. The molecule has 0 aromatic heterocycles. The number of nitrogens with zero attached hydrogens (tertiary/aromatic N) is 1. The van der Waals surface area contributed by atoms with Crippen LogP contribution in [0.1, 0.15) is 38.5 Å². The standard InChI is InChI=1S/C12H16BrNO4/c13-7-9(15)10(11(16)17)14-18-12-4-1-8(2-5-12)3-6-12/h8H,1-7H2,(H,16,17). The number of oxime groups is 1. The number of ketones is 1. The van der Waals surface area contributed by atoms with Gasteiger partial charge in [0.25, 0.3) is 0 Å². The van der Waals surface area contributed by atoms with Crippen molar-refractivity contribution in [2.24, 2.45) is 11.1 Å². The molecule has 5 nitrogen and oxygen atoms in total. The first-order valence-corrected chi connectivity index (χ1v) is 7.27. The van der Waals surface area contributed by atoms with Gasteiger partial charge in [0.2, 0.25) is 11.5 Å². The highest BCUT2D eigenvalue weighted by atomic mass is 79.9. The van der Waals surface area contributed by atoms with Crippen LogP contribution in [0.15, 0.2) is 5.16 Å². The van der Waals surface area contributed by atoms with Gasteiger partial charge in [-0.1, -0.05) is 21.1 Å². The molecule has 0 saturated heterocycles. The minimum Gasteiger partial charge on any atom is -0.476 e. The highest BCUT2D eigenvalue weighted by Gasteiger charge is 2.43. The lowest BCUT2D eigenvalue weighted by atomic mass is 9.68. The van der Waals surface area contributed by atoms with Crippen molar-refractivity contribution >= 4 is 33.4 Å². The summed E-state index contributed by atoms with van der Waals surface area (Å²) in [4.78, 5) is 27.8. The second-order valence-corrected chi connectivity index (χ2v) is 5.62. The molecule has 1 N–H and O–H groups in total. The van der Waals surface area contributed by atoms with Crippen molar-refractivity contribution in [2.45, 2.75) is 44.1 Å². The SMILES string of the molecule is O=C(O)C(=NOC12CCC(CC1)CC2)C(=O)CBr. The monoisotopic (exact) mass is 317 g/mol. The van der Waals surface area contributed by atoms with Gasteiger partial charge in [-0.15, -0.1) is 0 Å². The van der Waals surface area contributed by atoms with Crippen LogP contribution in [0, 0.1) is 5.92 Å². The molecule has 3 saturated carbocycles. The average molecular weight is 318 g/mol. The molecule has 0 radical (unpaired) electrons. The second-order valence-electron chi connectivity index (χ2n) is 5.06. The third kappa shape index (κ3) is 2.74. The van der Waals surface area contributed by atoms with E-state index in [9.17, 15) is 9.59 Å². The molecule has 3 rings (SSSR count). The van der Waals surface area contributed by atoms with Crippen molar-refractivity contribution in [3.8, 4) is 0 Å². The molecule has 0 aromatic carbocycles. The molecular weight excluding hydrogens is 302 g/mol. The number of rotatable bonds is 5. The smallest absolute Gasteiger partial charge is 0.361 e. The summed E-state index contributed by atoms with van der Waals surface area (Å²) in [5, 5.41) is 12.5. The van der Waals surface area contributed by atoms with Crippen LogP contribution in [-0.4, -0.2) is 33.5 Å². The van der Waals surface area contributed by atoms with Crippen LogP contribution in [0.3, 0.4) is 0 Å². The molecule has 0 aromatic rings. The predicted octanol–water partition coefficient (Wildman–Crippen LogP) is 2.13. The number of alkyl halides is 1. The number of hydrogen-bond donors (Lipinski definition) is 1. The van der Waals surface area contributed by atoms with Gasteiger partial charge in [0, 0.05) is 0 Å². The van der Waals surface area contributed by atoms with Gasteiger partial charge in [-0.2, -0.15) is 0 Å². The zero-order valence-electron chi connectivity index (χ0n) is 10.0. The maximum absolute atomic E-state index is 11.4. The molecule has 3 fully saturated rings. The van der Waals surface area contributed by atoms with Crippen molar-refractivity contribution in [1.29, 1.82) is 0 Å². The van der Waals surface area contributed by atoms with Crippen molar-refractivity contribution < 1.29 is 19.5 Å². The van der Waals surface area contributed by atoms with Crippen molar-refractivity contribution in [1.82, 2.24) is 0 Å². The first kappa shape index (κ1) is 13.5. The lowest BCUT2D eigenvalue weighted by Gasteiger charge is -2.44. The van der Waals surface area contributed by atoms with Gasteiger partial charge in [0.05, 0.1) is 5.33 Å². The summed E-state index contributed by atoms with van der Waals surface area (Å²) in [6, 6.07) is 0. The third-order valence-electron chi connectivity index (χ3n) is 3.94. The van der Waals surface area contributed by atoms with Crippen LogP contribution in [0.2, 0.25) is 0 Å². The lowest BCUT2D eigenvalue weighted by Crippen LogP contribution is -2.42. The van der Waals surface area contributed by atoms with Crippen molar-refractivity contribution in [3.63, 3.8) is 0 Å². The lowest BCUT2D eigenvalue weighted by molar-refractivity contribution is -0.132. The third-order valence-corrected chi connectivity index (χ3v) is 4.45. The van der Waals surface area contributed by atoms with Gasteiger partial charge < -0.3 is 9.94 Å². The molecule has 18 heavy (non-hydrogen) atoms. The Morgan fingerprint density at radius 1 is 1.28 bits per heavy atom. The van der Waals surface area contributed by atoms with Gasteiger partial charge in [0.1, 0.15) is 5.60 Å². The van der Waals surface area contributed by atoms with Crippen LogP contribution >= 0.6 is 15.9 Å². The van der Waals surface area contributed by atoms with Gasteiger partial charge in [0.15, 0.2) is 0 Å². The topological polar surface area (TPSA) is 76.0 Å². The van der Waals surface area contributed by atoms with E-state index in [0.29, 0.717) is 0 Å². The van der Waals surface area contributed by atoms with E-state index in [1.54, 1.807) is 0 Å². The molecule has 3 aliphatic carbocycles. The van der Waals surface area contributed by atoms with Crippen LogP contribution in [-0.2, 0) is 14.4 Å². The van der Waals surface area contributed by atoms with E-state index in [2.05, 4.69) is 21.1 Å². The first-order valence-electron chi connectivity index (χ1n) is 6.15. The molecule has 0 heterocycles. The Morgan fingerprint density at radius 2 is 1.83 bits per heavy atom. The number of aliphatic carboxylic acids is 1. The zero-order valence-corrected chi connectivity index (χ0v) is 11.6. The number of hydrogen-bond acceptors (Lipinski definition) is 4. The zero-order chi connectivity index (χ0) is 13.2. The number of Topliss-reactive ketones (excluding diaryl/α,β-unsaturated/α-hetero) is 1. The number of carboxylic acids is 1. The fourth-order valence-corrected chi connectivity index (χ4v) is 3.03. The van der Waals surface area contributed by atoms with E-state index in [0.717, 1.165) is 44.4 Å². The normalized spacial score (nSPS) is 31.2. The maximum atomic E-state index is 11.4. The Hall–Kier alpha value is -0.910. The molecule has 2 bridgehead atoms. The van der Waals surface area contributed by atoms with Crippen LogP contribution in [0.4, 0.5) is 0 Å². The first-order chi connectivity index (χ1) is 8.56. The summed E-state index contributed by atoms with van der Waals surface area (Å²) >= 11 is 2.94. The molecule has 0 spiro atoms. The summed E-state index contributed by atoms with van der Waals surface area (Å²) in [5.74, 6) is -1.11. The largest absolute Gasteiger partial charge is 0.476 e. The number of halogens is 1. The summed E-state index contributed by atoms with van der Waals surface area (Å²) in [7, 11) is 0. The maximum Gasteiger partial charge on any atom is 0.361 e. The number of fused-ring (bicyclic) bond motifs is 3. The highest BCUT2D eigenvalue weighted by molar-refractivity contribution is 9.09. The van der Waals surface area contributed by atoms with Gasteiger partial charge >= 0.3 is 5.97 Å². The summed E-state index contributed by atoms with van der Waals surface area (Å²) < 4.78 is 0. The van der Waals surface area contributed by atoms with Crippen molar-refractivity contribution in [3.05, 3.63) is 0 Å². The molecule has 0 aliphatic heterocycles. The van der Waals surface area contributed by atoms with E-state index < -0.39 is 17.5 Å². The molecule has 0 atom stereocenters. The highest BCUT2D eigenvalue weighted by Crippen LogP contribution is 2.46. The van der Waals surface area contributed by atoms with E-state index in [1.165, 1.54) is 0 Å². The average Bonchev–Trinajstić information content (AvgIpc) is 2.40. The van der Waals surface area contributed by atoms with Crippen LogP contribution in [0.25, 0.3) is 0 Å². The summed E-state index contributed by atoms with van der Waals surface area (Å²) in [5.41, 5.74) is -0.851.